The highest BCUT2D eigenvalue weighted by Gasteiger charge is 1.39. The van der Waals surface area contributed by atoms with Crippen LogP contribution in [0.5, 0.6) is 0 Å². The molecule has 4 N–H and O–H groups in total. The average molecular weight is 58.1 g/mol. The van der Waals surface area contributed by atoms with Crippen molar-refractivity contribution in [2.24, 2.45) is 5.84 Å². The van der Waals surface area contributed by atoms with Gasteiger partial charge in [0.15, 0.2) is 6.34 Å². The Morgan fingerprint density at radius 1 is 2.00 bits per heavy atom. The molecular formula is CH4N3. The van der Waals surface area contributed by atoms with Crippen molar-refractivity contribution in [3.8, 4) is 0 Å². The largest absolute Gasteiger partial charge is 0.306 e. The van der Waals surface area contributed by atoms with E-state index in [4.69, 9.17) is 5.41 Å². The molecule has 0 spiro atoms. The van der Waals surface area contributed by atoms with Gasteiger partial charge in [-0.25, -0.2) is 5.84 Å². The lowest BCUT2D eigenvalue weighted by atomic mass is 11.4. The zero-order valence-corrected chi connectivity index (χ0v) is 2.08. The zero-order chi connectivity index (χ0) is 3.41. The number of nitrogens with two attached hydrogens (primary N) is 1. The first-order valence-corrected chi connectivity index (χ1v) is 0.789. The van der Waals surface area contributed by atoms with Crippen molar-refractivity contribution in [3.05, 3.63) is 0 Å². The number of rotatable bonds is 1. The molecule has 0 amide bonds. The quantitative estimate of drug-likeness (QED) is 0.118. The highest BCUT2D eigenvalue weighted by atomic mass is 15.2. The summed E-state index contributed by atoms with van der Waals surface area (Å²) in [6.07, 6.45) is 1.71. The van der Waals surface area contributed by atoms with E-state index in [0.29, 0.717) is 0 Å². The monoisotopic (exact) mass is 58.0 g/mol. The van der Waals surface area contributed by atoms with Gasteiger partial charge in [0.05, 0.1) is 0 Å². The minimum atomic E-state index is 1.71. The van der Waals surface area contributed by atoms with Crippen LogP contribution in [-0.4, -0.2) is 6.34 Å². The molecule has 0 bridgehead atoms. The predicted octanol–water partition coefficient (Wildman–Crippen LogP) is -1.07. The Balaban J connectivity index is 2.30. The van der Waals surface area contributed by atoms with Gasteiger partial charge in [0.25, 0.3) is 0 Å². The molecule has 0 heterocycles. The fourth-order valence-corrected chi connectivity index (χ4v) is 0. The molecule has 0 aliphatic heterocycles. The van der Waals surface area contributed by atoms with Crippen LogP contribution < -0.4 is 11.3 Å². The van der Waals surface area contributed by atoms with E-state index in [0.717, 1.165) is 0 Å². The van der Waals surface area contributed by atoms with E-state index >= 15 is 0 Å². The summed E-state index contributed by atoms with van der Waals surface area (Å²) in [7, 11) is 0. The highest BCUT2D eigenvalue weighted by Crippen LogP contribution is 1.04. The van der Waals surface area contributed by atoms with E-state index in [-0.39, 0.29) is 0 Å². The van der Waals surface area contributed by atoms with E-state index in [1.165, 1.54) is 0 Å². The van der Waals surface area contributed by atoms with Crippen LogP contribution in [0, 0.1) is 5.41 Å². The molecule has 3 heteroatoms. The van der Waals surface area contributed by atoms with Crippen molar-refractivity contribution < 1.29 is 0 Å². The summed E-state index contributed by atoms with van der Waals surface area (Å²) in [4.78, 5) is 0. The maximum Gasteiger partial charge on any atom is 0.176 e. The minimum Gasteiger partial charge on any atom is -0.306 e. The molecular weight excluding hydrogens is 54.0 g/mol. The number of hydrazine groups is 1. The second-order valence-electron chi connectivity index (χ2n) is 0.269. The molecule has 4 heavy (non-hydrogen) atoms. The van der Waals surface area contributed by atoms with Crippen molar-refractivity contribution in [1.82, 2.24) is 5.43 Å². The van der Waals surface area contributed by atoms with Crippen LogP contribution in [0.25, 0.3) is 0 Å². The fraction of sp³-hybridized carbons (Fsp3) is 0. The van der Waals surface area contributed by atoms with Crippen LogP contribution >= 0.6 is 0 Å². The van der Waals surface area contributed by atoms with Crippen LogP contribution in [0.2, 0.25) is 0 Å². The topological polar surface area (TPSA) is 61.9 Å². The lowest BCUT2D eigenvalue weighted by Gasteiger charge is -1.68. The molecule has 0 saturated heterocycles. The number of nitrogens with one attached hydrogen (secondary N) is 2. The van der Waals surface area contributed by atoms with Crippen molar-refractivity contribution in [3.63, 3.8) is 0 Å². The van der Waals surface area contributed by atoms with Gasteiger partial charge in [0, 0.05) is 0 Å². The molecule has 0 aliphatic carbocycles. The SMILES string of the molecule is N=[C]NN. The molecule has 0 fully saturated rings. The van der Waals surface area contributed by atoms with E-state index in [1.807, 2.05) is 5.43 Å². The molecule has 0 aromatic heterocycles. The van der Waals surface area contributed by atoms with Crippen molar-refractivity contribution in [1.29, 1.82) is 5.41 Å². The molecule has 0 saturated carbocycles. The second-order valence-corrected chi connectivity index (χ2v) is 0.269. The van der Waals surface area contributed by atoms with Gasteiger partial charge >= 0.3 is 0 Å². The third kappa shape index (κ3) is 1.43. The molecule has 23 valence electrons. The van der Waals surface area contributed by atoms with E-state index in [2.05, 4.69) is 5.84 Å². The van der Waals surface area contributed by atoms with E-state index in [1.54, 1.807) is 6.34 Å². The minimum absolute atomic E-state index is 1.71. The predicted molar refractivity (Wildman–Crippen MR) is 15.0 cm³/mol. The van der Waals surface area contributed by atoms with Crippen LogP contribution in [0.15, 0.2) is 0 Å². The van der Waals surface area contributed by atoms with Gasteiger partial charge < -0.3 is 5.43 Å². The highest BCUT2D eigenvalue weighted by molar-refractivity contribution is 5.48. The Hall–Kier alpha value is -0.570. The molecule has 0 unspecified atom stereocenters. The summed E-state index contributed by atoms with van der Waals surface area (Å²) in [5, 5.41) is 5.97. The summed E-state index contributed by atoms with van der Waals surface area (Å²) < 4.78 is 0. The second kappa shape index (κ2) is 2.43. The molecule has 0 aromatic rings. The third-order valence-electron chi connectivity index (χ3n) is 0.0722. The zero-order valence-electron chi connectivity index (χ0n) is 2.08. The Kier molecular flexibility index (Phi) is 2.08. The maximum atomic E-state index is 5.97. The third-order valence-corrected chi connectivity index (χ3v) is 0.0722. The molecule has 0 atom stereocenters. The first-order chi connectivity index (χ1) is 1.91. The van der Waals surface area contributed by atoms with Gasteiger partial charge in [0.2, 0.25) is 0 Å². The smallest absolute Gasteiger partial charge is 0.176 e. The normalized spacial score (nSPS) is 5.25. The maximum absolute atomic E-state index is 5.97. The standard InChI is InChI=1S/CH4N3/c2-1-4-3/h3H2,(H2,2,4). The number of hydrogen-bond acceptors (Lipinski definition) is 2. The van der Waals surface area contributed by atoms with Gasteiger partial charge in [-0.15, -0.1) is 0 Å². The van der Waals surface area contributed by atoms with Gasteiger partial charge in [-0.3, -0.25) is 5.41 Å². The van der Waals surface area contributed by atoms with Crippen molar-refractivity contribution >= 4 is 6.34 Å². The number of hydrogen-bond donors (Lipinski definition) is 3. The lowest BCUT2D eigenvalue weighted by molar-refractivity contribution is 1.05. The molecule has 1 radical (unpaired) electrons. The van der Waals surface area contributed by atoms with Gasteiger partial charge in [-0.05, 0) is 0 Å². The Bertz CT molecular complexity index is 17.2. The van der Waals surface area contributed by atoms with Gasteiger partial charge in [-0.1, -0.05) is 0 Å². The first kappa shape index (κ1) is 3.43. The summed E-state index contributed by atoms with van der Waals surface area (Å²) in [5.41, 5.74) is 1.85. The van der Waals surface area contributed by atoms with Crippen LogP contribution in [0.3, 0.4) is 0 Å². The fourth-order valence-electron chi connectivity index (χ4n) is 0. The summed E-state index contributed by atoms with van der Waals surface area (Å²) in [6.45, 7) is 0. The van der Waals surface area contributed by atoms with Crippen LogP contribution in [0.4, 0.5) is 0 Å². The summed E-state index contributed by atoms with van der Waals surface area (Å²) in [6, 6.07) is 0. The van der Waals surface area contributed by atoms with Crippen molar-refractivity contribution in [2.75, 3.05) is 0 Å². The van der Waals surface area contributed by atoms with Crippen LogP contribution in [0.1, 0.15) is 0 Å². The Labute approximate surface area is 24.3 Å². The molecule has 0 aliphatic rings. The van der Waals surface area contributed by atoms with E-state index < -0.39 is 0 Å². The van der Waals surface area contributed by atoms with Crippen molar-refractivity contribution in [2.45, 2.75) is 0 Å². The first-order valence-electron chi connectivity index (χ1n) is 0.789. The van der Waals surface area contributed by atoms with E-state index in [9.17, 15) is 0 Å². The summed E-state index contributed by atoms with van der Waals surface area (Å²) in [5.74, 6) is 4.48. The lowest BCUT2D eigenvalue weighted by Crippen LogP contribution is -2.17. The molecule has 0 rings (SSSR count). The Morgan fingerprint density at radius 2 is 2.25 bits per heavy atom. The molecule has 3 nitrogen and oxygen atoms in total. The average Bonchev–Trinajstić information content (AvgIpc) is 1.37. The summed E-state index contributed by atoms with van der Waals surface area (Å²) >= 11 is 0. The Morgan fingerprint density at radius 3 is 2.25 bits per heavy atom. The van der Waals surface area contributed by atoms with Gasteiger partial charge in [-0.2, -0.15) is 0 Å². The van der Waals surface area contributed by atoms with Crippen LogP contribution in [-0.2, 0) is 0 Å². The molecule has 0 aromatic carbocycles. The van der Waals surface area contributed by atoms with Gasteiger partial charge in [0.1, 0.15) is 0 Å².